The molecule has 1 aromatic rings. The van der Waals surface area contributed by atoms with Crippen molar-refractivity contribution in [2.75, 3.05) is 25.5 Å². The van der Waals surface area contributed by atoms with Crippen LogP contribution in [-0.4, -0.2) is 26.1 Å². The minimum atomic E-state index is -0.00872. The van der Waals surface area contributed by atoms with E-state index in [-0.39, 0.29) is 12.5 Å². The molecule has 0 aliphatic carbocycles. The molecular weight excluding hydrogens is 296 g/mol. The summed E-state index contributed by atoms with van der Waals surface area (Å²) < 4.78 is 6.07. The van der Waals surface area contributed by atoms with Crippen LogP contribution in [0.1, 0.15) is 13.8 Å². The summed E-state index contributed by atoms with van der Waals surface area (Å²) >= 11 is 3.38. The van der Waals surface area contributed by atoms with Crippen molar-refractivity contribution in [1.29, 1.82) is 0 Å². The van der Waals surface area contributed by atoms with Gasteiger partial charge in [0.2, 0.25) is 5.91 Å². The number of amides is 1. The van der Waals surface area contributed by atoms with Crippen LogP contribution in [0.25, 0.3) is 0 Å². The third-order valence-corrected chi connectivity index (χ3v) is 2.97. The zero-order chi connectivity index (χ0) is 13.5. The average molecular weight is 315 g/mol. The van der Waals surface area contributed by atoms with Crippen molar-refractivity contribution < 1.29 is 9.53 Å². The first-order valence-corrected chi connectivity index (χ1v) is 6.66. The molecule has 0 bridgehead atoms. The molecule has 0 atom stereocenters. The minimum absolute atomic E-state index is 0.00872. The molecule has 100 valence electrons. The van der Waals surface area contributed by atoms with Crippen molar-refractivity contribution in [2.45, 2.75) is 13.8 Å². The maximum atomic E-state index is 11.5. The second-order valence-corrected chi connectivity index (χ2v) is 5.26. The van der Waals surface area contributed by atoms with Crippen LogP contribution in [0, 0.1) is 5.92 Å². The van der Waals surface area contributed by atoms with Crippen molar-refractivity contribution in [3.05, 3.63) is 22.7 Å². The van der Waals surface area contributed by atoms with Gasteiger partial charge in [-0.2, -0.15) is 0 Å². The average Bonchev–Trinajstić information content (AvgIpc) is 2.35. The Balaban J connectivity index is 2.46. The van der Waals surface area contributed by atoms with Crippen LogP contribution in [0.3, 0.4) is 0 Å². The second kappa shape index (κ2) is 7.26. The number of carbonyl (C=O) groups excluding carboxylic acids is 1. The molecule has 0 aliphatic heterocycles. The normalized spacial score (nSPS) is 10.3. The van der Waals surface area contributed by atoms with E-state index in [1.807, 2.05) is 18.2 Å². The van der Waals surface area contributed by atoms with Crippen LogP contribution in [0.2, 0.25) is 0 Å². The lowest BCUT2D eigenvalue weighted by molar-refractivity contribution is -0.119. The summed E-state index contributed by atoms with van der Waals surface area (Å²) in [5, 5.41) is 5.91. The van der Waals surface area contributed by atoms with E-state index >= 15 is 0 Å². The Labute approximate surface area is 116 Å². The van der Waals surface area contributed by atoms with E-state index in [0.717, 1.165) is 15.9 Å². The minimum Gasteiger partial charge on any atom is -0.495 e. The molecule has 0 unspecified atom stereocenters. The van der Waals surface area contributed by atoms with E-state index in [4.69, 9.17) is 4.74 Å². The van der Waals surface area contributed by atoms with E-state index in [1.165, 1.54) is 0 Å². The molecule has 1 rings (SSSR count). The van der Waals surface area contributed by atoms with E-state index in [0.29, 0.717) is 12.5 Å². The smallest absolute Gasteiger partial charge is 0.239 e. The van der Waals surface area contributed by atoms with Gasteiger partial charge in [0.25, 0.3) is 0 Å². The molecule has 18 heavy (non-hydrogen) atoms. The van der Waals surface area contributed by atoms with Gasteiger partial charge >= 0.3 is 0 Å². The molecule has 0 heterocycles. The Morgan fingerprint density at radius 1 is 1.44 bits per heavy atom. The lowest BCUT2D eigenvalue weighted by Crippen LogP contribution is -2.32. The van der Waals surface area contributed by atoms with E-state index in [2.05, 4.69) is 40.4 Å². The highest BCUT2D eigenvalue weighted by Crippen LogP contribution is 2.27. The molecule has 4 nitrogen and oxygen atoms in total. The standard InChI is InChI=1S/C13H19BrN2O2/c1-9(2)7-16-13(17)8-15-10-4-5-11(14)12(6-10)18-3/h4-6,9,15H,7-8H2,1-3H3,(H,16,17). The number of benzene rings is 1. The summed E-state index contributed by atoms with van der Waals surface area (Å²) in [4.78, 5) is 11.5. The summed E-state index contributed by atoms with van der Waals surface area (Å²) in [6.07, 6.45) is 0. The molecule has 0 spiro atoms. The summed E-state index contributed by atoms with van der Waals surface area (Å²) in [6.45, 7) is 5.09. The van der Waals surface area contributed by atoms with Crippen molar-refractivity contribution >= 4 is 27.5 Å². The van der Waals surface area contributed by atoms with Crippen molar-refractivity contribution in [2.24, 2.45) is 5.92 Å². The number of rotatable bonds is 6. The lowest BCUT2D eigenvalue weighted by atomic mass is 10.2. The first-order valence-electron chi connectivity index (χ1n) is 5.87. The van der Waals surface area contributed by atoms with Crippen molar-refractivity contribution in [1.82, 2.24) is 5.32 Å². The van der Waals surface area contributed by atoms with Gasteiger partial charge in [-0.3, -0.25) is 4.79 Å². The highest BCUT2D eigenvalue weighted by atomic mass is 79.9. The number of hydrogen-bond acceptors (Lipinski definition) is 3. The fourth-order valence-electron chi connectivity index (χ4n) is 1.33. The Kier molecular flexibility index (Phi) is 5.98. The summed E-state index contributed by atoms with van der Waals surface area (Å²) in [7, 11) is 1.61. The van der Waals surface area contributed by atoms with E-state index in [9.17, 15) is 4.79 Å². The lowest BCUT2D eigenvalue weighted by Gasteiger charge is -2.10. The van der Waals surface area contributed by atoms with Gasteiger partial charge in [0.05, 0.1) is 18.1 Å². The fourth-order valence-corrected chi connectivity index (χ4v) is 1.74. The predicted molar refractivity (Wildman–Crippen MR) is 77.0 cm³/mol. The second-order valence-electron chi connectivity index (χ2n) is 4.40. The molecule has 1 amide bonds. The first-order chi connectivity index (χ1) is 8.52. The fraction of sp³-hybridized carbons (Fsp3) is 0.462. The Bertz CT molecular complexity index is 408. The van der Waals surface area contributed by atoms with Gasteiger partial charge in [-0.25, -0.2) is 0 Å². The molecule has 0 saturated heterocycles. The molecule has 5 heteroatoms. The van der Waals surface area contributed by atoms with E-state index < -0.39 is 0 Å². The highest BCUT2D eigenvalue weighted by molar-refractivity contribution is 9.10. The number of methoxy groups -OCH3 is 1. The van der Waals surface area contributed by atoms with Crippen LogP contribution >= 0.6 is 15.9 Å². The number of halogens is 1. The monoisotopic (exact) mass is 314 g/mol. The number of anilines is 1. The Morgan fingerprint density at radius 2 is 2.17 bits per heavy atom. The largest absolute Gasteiger partial charge is 0.495 e. The number of carbonyl (C=O) groups is 1. The summed E-state index contributed by atoms with van der Waals surface area (Å²) in [5.41, 5.74) is 0.856. The Morgan fingerprint density at radius 3 is 2.78 bits per heavy atom. The Hall–Kier alpha value is -1.23. The SMILES string of the molecule is COc1cc(NCC(=O)NCC(C)C)ccc1Br. The quantitative estimate of drug-likeness (QED) is 0.848. The molecular formula is C13H19BrN2O2. The van der Waals surface area contributed by atoms with Crippen LogP contribution < -0.4 is 15.4 Å². The topological polar surface area (TPSA) is 50.4 Å². The predicted octanol–water partition coefficient (Wildman–Crippen LogP) is 2.64. The van der Waals surface area contributed by atoms with Crippen LogP contribution in [0.4, 0.5) is 5.69 Å². The van der Waals surface area contributed by atoms with Gasteiger partial charge in [-0.15, -0.1) is 0 Å². The number of ether oxygens (including phenoxy) is 1. The maximum Gasteiger partial charge on any atom is 0.239 e. The molecule has 2 N–H and O–H groups in total. The first kappa shape index (κ1) is 14.8. The third-order valence-electron chi connectivity index (χ3n) is 2.31. The number of hydrogen-bond donors (Lipinski definition) is 2. The van der Waals surface area contributed by atoms with Crippen molar-refractivity contribution in [3.8, 4) is 5.75 Å². The van der Waals surface area contributed by atoms with Gasteiger partial charge in [0.1, 0.15) is 5.75 Å². The van der Waals surface area contributed by atoms with Crippen molar-refractivity contribution in [3.63, 3.8) is 0 Å². The van der Waals surface area contributed by atoms with Gasteiger partial charge in [0.15, 0.2) is 0 Å². The zero-order valence-corrected chi connectivity index (χ0v) is 12.5. The van der Waals surface area contributed by atoms with Gasteiger partial charge < -0.3 is 15.4 Å². The van der Waals surface area contributed by atoms with Crippen LogP contribution in [-0.2, 0) is 4.79 Å². The zero-order valence-electron chi connectivity index (χ0n) is 10.9. The highest BCUT2D eigenvalue weighted by Gasteiger charge is 2.04. The van der Waals surface area contributed by atoms with Crippen LogP contribution in [0.15, 0.2) is 22.7 Å². The maximum absolute atomic E-state index is 11.5. The van der Waals surface area contributed by atoms with Gasteiger partial charge in [0, 0.05) is 18.3 Å². The summed E-state index contributed by atoms with van der Waals surface area (Å²) in [6, 6.07) is 5.62. The molecule has 0 saturated carbocycles. The van der Waals surface area contributed by atoms with Gasteiger partial charge in [-0.1, -0.05) is 13.8 Å². The van der Waals surface area contributed by atoms with Gasteiger partial charge in [-0.05, 0) is 34.0 Å². The number of nitrogens with one attached hydrogen (secondary N) is 2. The van der Waals surface area contributed by atoms with Crippen LogP contribution in [0.5, 0.6) is 5.75 Å². The molecule has 0 radical (unpaired) electrons. The molecule has 0 aliphatic rings. The molecule has 1 aromatic carbocycles. The molecule has 0 aromatic heterocycles. The third kappa shape index (κ3) is 4.96. The summed E-state index contributed by atoms with van der Waals surface area (Å²) in [5.74, 6) is 1.19. The molecule has 0 fully saturated rings. The van der Waals surface area contributed by atoms with E-state index in [1.54, 1.807) is 7.11 Å².